The lowest BCUT2D eigenvalue weighted by atomic mass is 10.1. The number of ether oxygens (including phenoxy) is 1. The van der Waals surface area contributed by atoms with E-state index >= 15 is 0 Å². The average Bonchev–Trinajstić information content (AvgIpc) is 2.35. The van der Waals surface area contributed by atoms with Crippen LogP contribution in [0.4, 0.5) is 0 Å². The van der Waals surface area contributed by atoms with Crippen molar-refractivity contribution in [2.24, 2.45) is 5.92 Å². The van der Waals surface area contributed by atoms with Gasteiger partial charge >= 0.3 is 0 Å². The minimum absolute atomic E-state index is 0.000656. The van der Waals surface area contributed by atoms with E-state index in [0.717, 1.165) is 5.56 Å². The van der Waals surface area contributed by atoms with Crippen LogP contribution in [0.3, 0.4) is 0 Å². The second kappa shape index (κ2) is 8.27. The molecule has 0 fully saturated rings. The van der Waals surface area contributed by atoms with Gasteiger partial charge in [-0.25, -0.2) is 0 Å². The van der Waals surface area contributed by atoms with E-state index in [4.69, 9.17) is 14.4 Å². The number of benzene rings is 1. The van der Waals surface area contributed by atoms with Crippen LogP contribution in [-0.4, -0.2) is 37.0 Å². The summed E-state index contributed by atoms with van der Waals surface area (Å²) in [7, 11) is -4.01. The molecular weight excluding hydrogens is 268 g/mol. The maximum Gasteiger partial charge on any atom is 0.265 e. The van der Waals surface area contributed by atoms with Crippen LogP contribution in [0.2, 0.25) is 0 Å². The Morgan fingerprint density at radius 3 is 2.47 bits per heavy atom. The summed E-state index contributed by atoms with van der Waals surface area (Å²) in [6, 6.07) is 9.56. The van der Waals surface area contributed by atoms with Gasteiger partial charge in [0, 0.05) is 6.61 Å². The van der Waals surface area contributed by atoms with Gasteiger partial charge in [0.2, 0.25) is 0 Å². The van der Waals surface area contributed by atoms with E-state index < -0.39 is 10.1 Å². The summed E-state index contributed by atoms with van der Waals surface area (Å²) in [5, 5.41) is 8.76. The Hall–Kier alpha value is -0.950. The molecule has 0 bridgehead atoms. The molecule has 2 N–H and O–H groups in total. The van der Waals surface area contributed by atoms with Crippen molar-refractivity contribution in [2.45, 2.75) is 19.4 Å². The summed E-state index contributed by atoms with van der Waals surface area (Å²) in [6.45, 7) is 0.650. The van der Waals surface area contributed by atoms with E-state index in [9.17, 15) is 8.42 Å². The van der Waals surface area contributed by atoms with Gasteiger partial charge in [-0.05, 0) is 24.3 Å². The zero-order chi connectivity index (χ0) is 14.1. The first kappa shape index (κ1) is 16.1. The molecule has 1 atom stereocenters. The van der Waals surface area contributed by atoms with E-state index in [-0.39, 0.29) is 24.9 Å². The molecule has 0 amide bonds. The van der Waals surface area contributed by atoms with Gasteiger partial charge < -0.3 is 9.84 Å². The topological polar surface area (TPSA) is 83.8 Å². The third kappa shape index (κ3) is 7.94. The van der Waals surface area contributed by atoms with E-state index in [0.29, 0.717) is 19.4 Å². The molecule has 0 aromatic heterocycles. The van der Waals surface area contributed by atoms with Crippen molar-refractivity contribution in [2.75, 3.05) is 19.0 Å². The largest absolute Gasteiger partial charge is 0.396 e. The summed E-state index contributed by atoms with van der Waals surface area (Å²) in [5.41, 5.74) is 1.01. The molecule has 5 nitrogen and oxygen atoms in total. The lowest BCUT2D eigenvalue weighted by Gasteiger charge is -2.15. The first-order valence-corrected chi connectivity index (χ1v) is 7.80. The van der Waals surface area contributed by atoms with Crippen LogP contribution in [0.5, 0.6) is 0 Å². The van der Waals surface area contributed by atoms with Crippen LogP contribution in [-0.2, 0) is 21.5 Å². The molecule has 1 rings (SSSR count). The maximum atomic E-state index is 10.9. The summed E-state index contributed by atoms with van der Waals surface area (Å²) in [6.07, 6.45) is 1.000. The molecule has 19 heavy (non-hydrogen) atoms. The van der Waals surface area contributed by atoms with Gasteiger partial charge in [0.15, 0.2) is 0 Å². The van der Waals surface area contributed by atoms with E-state index in [1.54, 1.807) is 0 Å². The Kier molecular flexibility index (Phi) is 7.01. The molecule has 0 saturated carbocycles. The molecular formula is C13H20O5S. The third-order valence-electron chi connectivity index (χ3n) is 2.68. The number of aliphatic hydroxyl groups is 1. The van der Waals surface area contributed by atoms with E-state index in [1.807, 2.05) is 30.3 Å². The maximum absolute atomic E-state index is 10.9. The molecule has 0 spiro atoms. The normalized spacial score (nSPS) is 13.4. The fraction of sp³-hybridized carbons (Fsp3) is 0.538. The van der Waals surface area contributed by atoms with Crippen molar-refractivity contribution < 1.29 is 22.8 Å². The van der Waals surface area contributed by atoms with Gasteiger partial charge in [-0.1, -0.05) is 30.3 Å². The van der Waals surface area contributed by atoms with E-state index in [2.05, 4.69) is 0 Å². The molecule has 0 saturated heterocycles. The molecule has 6 heteroatoms. The van der Waals surface area contributed by atoms with Crippen molar-refractivity contribution in [1.29, 1.82) is 0 Å². The Labute approximate surface area is 114 Å². The van der Waals surface area contributed by atoms with Crippen LogP contribution in [0.25, 0.3) is 0 Å². The number of hydrogen-bond acceptors (Lipinski definition) is 4. The highest BCUT2D eigenvalue weighted by molar-refractivity contribution is 7.85. The minimum Gasteiger partial charge on any atom is -0.396 e. The Morgan fingerprint density at radius 1 is 1.21 bits per heavy atom. The molecule has 1 aromatic carbocycles. The fourth-order valence-electron chi connectivity index (χ4n) is 1.81. The average molecular weight is 288 g/mol. The quantitative estimate of drug-likeness (QED) is 0.672. The van der Waals surface area contributed by atoms with E-state index in [1.165, 1.54) is 0 Å². The first-order valence-electron chi connectivity index (χ1n) is 6.19. The second-order valence-electron chi connectivity index (χ2n) is 4.48. The molecule has 0 heterocycles. The Bertz CT molecular complexity index is 443. The molecule has 0 aliphatic carbocycles. The van der Waals surface area contributed by atoms with Crippen molar-refractivity contribution in [3.05, 3.63) is 35.9 Å². The monoisotopic (exact) mass is 288 g/mol. The molecule has 108 valence electrons. The van der Waals surface area contributed by atoms with Gasteiger partial charge in [0.05, 0.1) is 19.0 Å². The van der Waals surface area contributed by atoms with Crippen LogP contribution in [0, 0.1) is 5.92 Å². The fourth-order valence-corrected chi connectivity index (χ4v) is 2.67. The zero-order valence-corrected chi connectivity index (χ0v) is 11.6. The molecule has 1 aromatic rings. The highest BCUT2D eigenvalue weighted by Gasteiger charge is 2.17. The van der Waals surface area contributed by atoms with Crippen molar-refractivity contribution in [3.63, 3.8) is 0 Å². The zero-order valence-electron chi connectivity index (χ0n) is 10.7. The first-order chi connectivity index (χ1) is 9.01. The van der Waals surface area contributed by atoms with Gasteiger partial charge in [0.1, 0.15) is 0 Å². The predicted octanol–water partition coefficient (Wildman–Crippen LogP) is 1.48. The smallest absolute Gasteiger partial charge is 0.265 e. The van der Waals surface area contributed by atoms with Crippen molar-refractivity contribution >= 4 is 10.1 Å². The van der Waals surface area contributed by atoms with Gasteiger partial charge in [-0.2, -0.15) is 8.42 Å². The highest BCUT2D eigenvalue weighted by atomic mass is 32.2. The van der Waals surface area contributed by atoms with Crippen molar-refractivity contribution in [1.82, 2.24) is 0 Å². The number of aliphatic hydroxyl groups excluding tert-OH is 1. The van der Waals surface area contributed by atoms with Gasteiger partial charge in [0.25, 0.3) is 10.1 Å². The lowest BCUT2D eigenvalue weighted by molar-refractivity contribution is 0.0873. The van der Waals surface area contributed by atoms with Gasteiger partial charge in [-0.3, -0.25) is 4.55 Å². The third-order valence-corrected chi connectivity index (χ3v) is 3.57. The van der Waals surface area contributed by atoms with Crippen LogP contribution >= 0.6 is 0 Å². The van der Waals surface area contributed by atoms with Crippen molar-refractivity contribution in [3.8, 4) is 0 Å². The number of hydrogen-bond donors (Lipinski definition) is 2. The van der Waals surface area contributed by atoms with Crippen LogP contribution < -0.4 is 0 Å². The second-order valence-corrected chi connectivity index (χ2v) is 5.98. The number of rotatable bonds is 9. The molecule has 1 unspecified atom stereocenters. The summed E-state index contributed by atoms with van der Waals surface area (Å²) in [4.78, 5) is 0. The molecule has 0 radical (unpaired) electrons. The Morgan fingerprint density at radius 2 is 1.89 bits per heavy atom. The SMILES string of the molecule is O=S(=O)(O)CC(CCCO)COCc1ccccc1. The van der Waals surface area contributed by atoms with Crippen LogP contribution in [0.1, 0.15) is 18.4 Å². The van der Waals surface area contributed by atoms with Crippen LogP contribution in [0.15, 0.2) is 30.3 Å². The summed E-state index contributed by atoms with van der Waals surface area (Å²) in [5.74, 6) is -0.632. The predicted molar refractivity (Wildman–Crippen MR) is 72.3 cm³/mol. The molecule has 0 aliphatic rings. The standard InChI is InChI=1S/C13H20O5S/c14-8-4-7-13(11-19(15,16)17)10-18-9-12-5-2-1-3-6-12/h1-3,5-6,13-14H,4,7-11H2,(H,15,16,17). The molecule has 0 aliphatic heterocycles. The Balaban J connectivity index is 2.39. The highest BCUT2D eigenvalue weighted by Crippen LogP contribution is 2.11. The summed E-state index contributed by atoms with van der Waals surface area (Å²) < 4.78 is 36.1. The van der Waals surface area contributed by atoms with Gasteiger partial charge in [-0.15, -0.1) is 0 Å². The summed E-state index contributed by atoms with van der Waals surface area (Å²) >= 11 is 0. The lowest BCUT2D eigenvalue weighted by Crippen LogP contribution is -2.20. The minimum atomic E-state index is -4.01.